The quantitative estimate of drug-likeness (QED) is 0.359. The molecule has 0 saturated carbocycles. The number of carbonyl (C=O) groups excluding carboxylic acids is 1. The molecule has 0 fully saturated rings. The molecule has 0 aliphatic rings. The van der Waals surface area contributed by atoms with Crippen molar-refractivity contribution in [1.29, 1.82) is 0 Å². The van der Waals surface area contributed by atoms with E-state index in [9.17, 15) is 4.79 Å². The zero-order valence-corrected chi connectivity index (χ0v) is 17.3. The van der Waals surface area contributed by atoms with Gasteiger partial charge in [0.2, 0.25) is 0 Å². The van der Waals surface area contributed by atoms with Gasteiger partial charge < -0.3 is 23.5 Å². The van der Waals surface area contributed by atoms with Gasteiger partial charge in [0.25, 0.3) is 0 Å². The van der Waals surface area contributed by atoms with Crippen LogP contribution in [0.4, 0.5) is 0 Å². The minimum absolute atomic E-state index is 0.0963. The molecule has 0 atom stereocenters. The fourth-order valence-electron chi connectivity index (χ4n) is 2.78. The maximum absolute atomic E-state index is 12.5. The summed E-state index contributed by atoms with van der Waals surface area (Å²) in [6, 6.07) is 14.5. The number of aryl methyl sites for hydroxylation is 2. The van der Waals surface area contributed by atoms with Crippen LogP contribution in [-0.2, 0) is 11.3 Å². The average Bonchev–Trinajstić information content (AvgIpc) is 3.08. The molecule has 1 aromatic heterocycles. The van der Waals surface area contributed by atoms with Crippen molar-refractivity contribution in [2.45, 2.75) is 27.4 Å². The van der Waals surface area contributed by atoms with Crippen LogP contribution in [0, 0.1) is 13.8 Å². The topological polar surface area (TPSA) is 80.0 Å². The van der Waals surface area contributed by atoms with Crippen LogP contribution in [0.1, 0.15) is 34.3 Å². The maximum Gasteiger partial charge on any atom is 0.338 e. The first-order valence-corrected chi connectivity index (χ1v) is 9.75. The predicted molar refractivity (Wildman–Crippen MR) is 110 cm³/mol. The Bertz CT molecular complexity index is 948. The van der Waals surface area contributed by atoms with Gasteiger partial charge in [-0.25, -0.2) is 4.79 Å². The largest absolute Gasteiger partial charge is 0.490 e. The van der Waals surface area contributed by atoms with Crippen LogP contribution in [0.5, 0.6) is 17.2 Å². The van der Waals surface area contributed by atoms with E-state index in [0.29, 0.717) is 48.3 Å². The first-order chi connectivity index (χ1) is 14.6. The monoisotopic (exact) mass is 411 g/mol. The summed E-state index contributed by atoms with van der Waals surface area (Å²) in [4.78, 5) is 12.5. The summed E-state index contributed by atoms with van der Waals surface area (Å²) in [5, 5.41) is 3.86. The van der Waals surface area contributed by atoms with Gasteiger partial charge >= 0.3 is 5.97 Å². The van der Waals surface area contributed by atoms with Crippen molar-refractivity contribution in [2.24, 2.45) is 0 Å². The van der Waals surface area contributed by atoms with Gasteiger partial charge in [0, 0.05) is 0 Å². The second-order valence-corrected chi connectivity index (χ2v) is 6.48. The fraction of sp³-hybridized carbons (Fsp3) is 0.304. The van der Waals surface area contributed by atoms with Gasteiger partial charge in [-0.3, -0.25) is 0 Å². The lowest BCUT2D eigenvalue weighted by Gasteiger charge is -2.14. The Hall–Kier alpha value is -3.48. The van der Waals surface area contributed by atoms with E-state index < -0.39 is 5.97 Å². The van der Waals surface area contributed by atoms with E-state index in [-0.39, 0.29) is 6.61 Å². The lowest BCUT2D eigenvalue weighted by Crippen LogP contribution is -2.11. The minimum Gasteiger partial charge on any atom is -0.490 e. The van der Waals surface area contributed by atoms with Crippen LogP contribution in [0.25, 0.3) is 0 Å². The molecule has 0 aliphatic carbocycles. The summed E-state index contributed by atoms with van der Waals surface area (Å²) in [6.07, 6.45) is 0. The standard InChI is InChI=1S/C23H25NO6/c1-4-26-22-14-18(23(25)29-15-20-16(2)24-30-17(20)3)10-11-21(22)28-13-12-27-19-8-6-5-7-9-19/h5-11,14H,4,12-13,15H2,1-3H3. The summed E-state index contributed by atoms with van der Waals surface area (Å²) < 4.78 is 27.5. The molecule has 3 aromatic rings. The zero-order valence-electron chi connectivity index (χ0n) is 17.3. The van der Waals surface area contributed by atoms with Crippen LogP contribution in [0.15, 0.2) is 53.1 Å². The molecule has 0 aliphatic heterocycles. The average molecular weight is 411 g/mol. The molecule has 3 rings (SSSR count). The predicted octanol–water partition coefficient (Wildman–Crippen LogP) is 4.50. The SMILES string of the molecule is CCOc1cc(C(=O)OCc2c(C)noc2C)ccc1OCCOc1ccccc1. The number of hydrogen-bond donors (Lipinski definition) is 0. The molecule has 0 N–H and O–H groups in total. The molecule has 0 radical (unpaired) electrons. The molecule has 2 aromatic carbocycles. The maximum atomic E-state index is 12.5. The number of ether oxygens (including phenoxy) is 4. The first kappa shape index (κ1) is 21.2. The number of aromatic nitrogens is 1. The number of para-hydroxylation sites is 1. The Morgan fingerprint density at radius 1 is 0.967 bits per heavy atom. The van der Waals surface area contributed by atoms with Crippen LogP contribution in [-0.4, -0.2) is 30.9 Å². The highest BCUT2D eigenvalue weighted by molar-refractivity contribution is 5.90. The van der Waals surface area contributed by atoms with E-state index in [1.165, 1.54) is 0 Å². The minimum atomic E-state index is -0.463. The molecule has 0 amide bonds. The smallest absolute Gasteiger partial charge is 0.338 e. The second kappa shape index (κ2) is 10.3. The van der Waals surface area contributed by atoms with E-state index in [1.54, 1.807) is 32.0 Å². The summed E-state index contributed by atoms with van der Waals surface area (Å²) >= 11 is 0. The number of hydrogen-bond acceptors (Lipinski definition) is 7. The van der Waals surface area contributed by atoms with Crippen molar-refractivity contribution < 1.29 is 28.3 Å². The molecule has 0 unspecified atom stereocenters. The molecule has 7 heteroatoms. The Kier molecular flexibility index (Phi) is 7.32. The molecule has 1 heterocycles. The number of nitrogens with zero attached hydrogens (tertiary/aromatic N) is 1. The van der Waals surface area contributed by atoms with E-state index in [2.05, 4.69) is 5.16 Å². The molecular formula is C23H25NO6. The van der Waals surface area contributed by atoms with Gasteiger partial charge in [-0.05, 0) is 51.1 Å². The molecule has 0 spiro atoms. The second-order valence-electron chi connectivity index (χ2n) is 6.48. The molecule has 30 heavy (non-hydrogen) atoms. The molecule has 7 nitrogen and oxygen atoms in total. The van der Waals surface area contributed by atoms with Gasteiger partial charge in [0.15, 0.2) is 11.5 Å². The first-order valence-electron chi connectivity index (χ1n) is 9.75. The highest BCUT2D eigenvalue weighted by atomic mass is 16.5. The fourth-order valence-corrected chi connectivity index (χ4v) is 2.78. The van der Waals surface area contributed by atoms with Crippen molar-refractivity contribution in [3.8, 4) is 17.2 Å². The van der Waals surface area contributed by atoms with Gasteiger partial charge in [-0.2, -0.15) is 0 Å². The summed E-state index contributed by atoms with van der Waals surface area (Å²) in [5.41, 5.74) is 1.85. The van der Waals surface area contributed by atoms with Crippen molar-refractivity contribution in [1.82, 2.24) is 5.16 Å². The molecular weight excluding hydrogens is 386 g/mol. The highest BCUT2D eigenvalue weighted by Crippen LogP contribution is 2.29. The zero-order chi connectivity index (χ0) is 21.3. The third-order valence-corrected chi connectivity index (χ3v) is 4.36. The van der Waals surface area contributed by atoms with Crippen LogP contribution in [0.3, 0.4) is 0 Å². The van der Waals surface area contributed by atoms with Gasteiger partial charge in [0.1, 0.15) is 31.3 Å². The van der Waals surface area contributed by atoms with E-state index in [0.717, 1.165) is 11.3 Å². The van der Waals surface area contributed by atoms with Crippen LogP contribution in [0.2, 0.25) is 0 Å². The van der Waals surface area contributed by atoms with Crippen LogP contribution < -0.4 is 14.2 Å². The highest BCUT2D eigenvalue weighted by Gasteiger charge is 2.16. The number of benzene rings is 2. The molecule has 158 valence electrons. The van der Waals surface area contributed by atoms with Crippen molar-refractivity contribution >= 4 is 5.97 Å². The lowest BCUT2D eigenvalue weighted by atomic mass is 10.2. The van der Waals surface area contributed by atoms with E-state index in [1.807, 2.05) is 37.3 Å². The number of rotatable bonds is 10. The van der Waals surface area contributed by atoms with Gasteiger partial charge in [-0.15, -0.1) is 0 Å². The third kappa shape index (κ3) is 5.53. The summed E-state index contributed by atoms with van der Waals surface area (Å²) in [6.45, 7) is 6.71. The lowest BCUT2D eigenvalue weighted by molar-refractivity contribution is 0.0470. The van der Waals surface area contributed by atoms with Crippen molar-refractivity contribution in [2.75, 3.05) is 19.8 Å². The summed E-state index contributed by atoms with van der Waals surface area (Å²) in [5.74, 6) is 1.97. The normalized spacial score (nSPS) is 10.5. The number of carbonyl (C=O) groups is 1. The Morgan fingerprint density at radius 3 is 2.43 bits per heavy atom. The van der Waals surface area contributed by atoms with E-state index in [4.69, 9.17) is 23.5 Å². The Morgan fingerprint density at radius 2 is 1.73 bits per heavy atom. The van der Waals surface area contributed by atoms with Crippen LogP contribution >= 0.6 is 0 Å². The Balaban J connectivity index is 1.58. The molecule has 0 saturated heterocycles. The number of esters is 1. The summed E-state index contributed by atoms with van der Waals surface area (Å²) in [7, 11) is 0. The Labute approximate surface area is 175 Å². The van der Waals surface area contributed by atoms with E-state index >= 15 is 0 Å². The molecule has 0 bridgehead atoms. The third-order valence-electron chi connectivity index (χ3n) is 4.36. The van der Waals surface area contributed by atoms with Gasteiger partial charge in [-0.1, -0.05) is 23.4 Å². The van der Waals surface area contributed by atoms with Gasteiger partial charge in [0.05, 0.1) is 23.4 Å². The van der Waals surface area contributed by atoms with Crippen molar-refractivity contribution in [3.05, 3.63) is 71.1 Å². The van der Waals surface area contributed by atoms with Crippen molar-refractivity contribution in [3.63, 3.8) is 0 Å².